The molecule has 1 unspecified atom stereocenters. The summed E-state index contributed by atoms with van der Waals surface area (Å²) in [5, 5.41) is 20.7. The molecule has 11 heteroatoms. The Labute approximate surface area is 152 Å². The number of benzene rings is 1. The van der Waals surface area contributed by atoms with Gasteiger partial charge in [0.05, 0.1) is 23.5 Å². The van der Waals surface area contributed by atoms with Crippen LogP contribution in [0.25, 0.3) is 0 Å². The lowest BCUT2D eigenvalue weighted by molar-refractivity contribution is -0.385. The molecule has 1 fully saturated rings. The van der Waals surface area contributed by atoms with Crippen LogP contribution in [0.3, 0.4) is 0 Å². The zero-order chi connectivity index (χ0) is 20.4. The van der Waals surface area contributed by atoms with Crippen LogP contribution in [0.2, 0.25) is 0 Å². The van der Waals surface area contributed by atoms with Gasteiger partial charge in [0.2, 0.25) is 0 Å². The number of carboxylic acids is 1. The van der Waals surface area contributed by atoms with E-state index in [9.17, 15) is 33.6 Å². The van der Waals surface area contributed by atoms with E-state index in [1.165, 1.54) is 11.8 Å². The lowest BCUT2D eigenvalue weighted by Crippen LogP contribution is -2.48. The number of hydrogen-bond donors (Lipinski definition) is 1. The summed E-state index contributed by atoms with van der Waals surface area (Å²) in [6.45, 7) is -1.66. The van der Waals surface area contributed by atoms with Crippen molar-refractivity contribution in [1.82, 2.24) is 4.90 Å². The molecule has 0 radical (unpaired) electrons. The number of piperidine rings is 1. The fourth-order valence-corrected chi connectivity index (χ4v) is 2.98. The van der Waals surface area contributed by atoms with E-state index >= 15 is 0 Å². The van der Waals surface area contributed by atoms with Crippen molar-refractivity contribution in [2.75, 3.05) is 20.2 Å². The molecule has 2 rings (SSSR count). The minimum atomic E-state index is -3.24. The number of nitrogens with zero attached hydrogens (tertiary/aromatic N) is 2. The smallest absolute Gasteiger partial charge is 0.387 e. The molecule has 1 saturated heterocycles. The molecule has 0 aliphatic carbocycles. The van der Waals surface area contributed by atoms with E-state index in [4.69, 9.17) is 4.74 Å². The molecule has 1 aliphatic rings. The Morgan fingerprint density at radius 1 is 1.37 bits per heavy atom. The highest BCUT2D eigenvalue weighted by molar-refractivity contribution is 5.99. The van der Waals surface area contributed by atoms with E-state index in [0.29, 0.717) is 18.9 Å². The summed E-state index contributed by atoms with van der Waals surface area (Å²) in [6, 6.07) is 1.64. The quantitative estimate of drug-likeness (QED) is 0.587. The fraction of sp³-hybridized carbons (Fsp3) is 0.500. The summed E-state index contributed by atoms with van der Waals surface area (Å²) in [5.74, 6) is -2.71. The second kappa shape index (κ2) is 7.72. The number of halogens is 2. The molecule has 148 valence electrons. The van der Waals surface area contributed by atoms with Gasteiger partial charge < -0.3 is 19.5 Å². The molecule has 1 aromatic carbocycles. The number of carbonyl (C=O) groups excluding carboxylic acids is 1. The van der Waals surface area contributed by atoms with E-state index in [-0.39, 0.29) is 18.8 Å². The maximum absolute atomic E-state index is 12.8. The van der Waals surface area contributed by atoms with Crippen molar-refractivity contribution >= 4 is 17.6 Å². The van der Waals surface area contributed by atoms with Crippen LogP contribution in [0, 0.1) is 15.5 Å². The van der Waals surface area contributed by atoms with Crippen molar-refractivity contribution in [2.45, 2.75) is 26.4 Å². The Bertz CT molecular complexity index is 771. The van der Waals surface area contributed by atoms with Gasteiger partial charge >= 0.3 is 12.6 Å². The van der Waals surface area contributed by atoms with Gasteiger partial charge in [-0.2, -0.15) is 8.78 Å². The summed E-state index contributed by atoms with van der Waals surface area (Å²) >= 11 is 0. The highest BCUT2D eigenvalue weighted by atomic mass is 19.3. The number of nitro benzene ring substituents is 1. The van der Waals surface area contributed by atoms with Crippen molar-refractivity contribution in [3.05, 3.63) is 27.8 Å². The number of ether oxygens (including phenoxy) is 2. The van der Waals surface area contributed by atoms with Gasteiger partial charge in [-0.3, -0.25) is 19.7 Å². The summed E-state index contributed by atoms with van der Waals surface area (Å²) in [6.07, 6.45) is 0.769. The highest BCUT2D eigenvalue weighted by Crippen LogP contribution is 2.37. The standard InChI is InChI=1S/C16H18F2N2O7/c1-16(14(22)23)4-3-5-19(8-16)13(21)9-6-11(26-2)12(27-15(17)18)7-10(9)20(24)25/h6-7,15H,3-5,8H2,1-2H3,(H,22,23). The predicted molar refractivity (Wildman–Crippen MR) is 87.2 cm³/mol. The number of hydrogen-bond acceptors (Lipinski definition) is 6. The van der Waals surface area contributed by atoms with Crippen molar-refractivity contribution in [3.63, 3.8) is 0 Å². The number of likely N-dealkylation sites (tertiary alicyclic amines) is 1. The molecular formula is C16H18F2N2O7. The molecule has 1 aromatic rings. The van der Waals surface area contributed by atoms with Crippen LogP contribution in [0.15, 0.2) is 12.1 Å². The third-order valence-electron chi connectivity index (χ3n) is 4.43. The van der Waals surface area contributed by atoms with E-state index in [2.05, 4.69) is 4.74 Å². The average molecular weight is 388 g/mol. The van der Waals surface area contributed by atoms with Crippen LogP contribution in [0.5, 0.6) is 11.5 Å². The van der Waals surface area contributed by atoms with Crippen molar-refractivity contribution in [3.8, 4) is 11.5 Å². The SMILES string of the molecule is COc1cc(C(=O)N2CCCC(C)(C(=O)O)C2)c([N+](=O)[O-])cc1OC(F)F. The van der Waals surface area contributed by atoms with Gasteiger partial charge in [-0.1, -0.05) is 0 Å². The zero-order valence-electron chi connectivity index (χ0n) is 14.6. The largest absolute Gasteiger partial charge is 0.493 e. The topological polar surface area (TPSA) is 119 Å². The molecule has 0 saturated carbocycles. The minimum absolute atomic E-state index is 0.129. The average Bonchev–Trinajstić information content (AvgIpc) is 2.60. The maximum Gasteiger partial charge on any atom is 0.387 e. The molecule has 0 bridgehead atoms. The number of carboxylic acid groups (broad SMARTS) is 1. The van der Waals surface area contributed by atoms with Gasteiger partial charge in [-0.25, -0.2) is 0 Å². The Hall–Kier alpha value is -2.98. The molecule has 1 N–H and O–H groups in total. The molecule has 9 nitrogen and oxygen atoms in total. The first-order valence-corrected chi connectivity index (χ1v) is 7.93. The van der Waals surface area contributed by atoms with E-state index < -0.39 is 45.8 Å². The monoisotopic (exact) mass is 388 g/mol. The normalized spacial score (nSPS) is 19.7. The number of nitro groups is 1. The van der Waals surface area contributed by atoms with Crippen LogP contribution < -0.4 is 9.47 Å². The van der Waals surface area contributed by atoms with Crippen LogP contribution >= 0.6 is 0 Å². The number of amides is 1. The lowest BCUT2D eigenvalue weighted by Gasteiger charge is -2.37. The van der Waals surface area contributed by atoms with Gasteiger partial charge in [0, 0.05) is 19.2 Å². The molecule has 1 atom stereocenters. The first kappa shape index (κ1) is 20.3. The van der Waals surface area contributed by atoms with Gasteiger partial charge in [0.15, 0.2) is 11.5 Å². The van der Waals surface area contributed by atoms with Crippen LogP contribution in [-0.4, -0.2) is 53.6 Å². The highest BCUT2D eigenvalue weighted by Gasteiger charge is 2.40. The van der Waals surface area contributed by atoms with Gasteiger partial charge in [-0.15, -0.1) is 0 Å². The summed E-state index contributed by atoms with van der Waals surface area (Å²) in [4.78, 5) is 35.9. The summed E-state index contributed by atoms with van der Waals surface area (Å²) in [5.41, 5.74) is -2.31. The summed E-state index contributed by atoms with van der Waals surface area (Å²) < 4.78 is 34.1. The molecular weight excluding hydrogens is 370 g/mol. The van der Waals surface area contributed by atoms with Crippen molar-refractivity contribution < 1.29 is 37.9 Å². The number of alkyl halides is 2. The summed E-state index contributed by atoms with van der Waals surface area (Å²) in [7, 11) is 1.14. The molecule has 1 heterocycles. The van der Waals surface area contributed by atoms with Crippen molar-refractivity contribution in [1.29, 1.82) is 0 Å². The Kier molecular flexibility index (Phi) is 5.82. The third kappa shape index (κ3) is 4.23. The van der Waals surface area contributed by atoms with Crippen molar-refractivity contribution in [2.24, 2.45) is 5.41 Å². The Balaban J connectivity index is 2.45. The fourth-order valence-electron chi connectivity index (χ4n) is 2.98. The maximum atomic E-state index is 12.8. The van der Waals surface area contributed by atoms with Crippen LogP contribution in [0.1, 0.15) is 30.1 Å². The molecule has 0 spiro atoms. The molecule has 1 aliphatic heterocycles. The Morgan fingerprint density at radius 3 is 2.56 bits per heavy atom. The van der Waals surface area contributed by atoms with Gasteiger partial charge in [0.25, 0.3) is 11.6 Å². The molecule has 27 heavy (non-hydrogen) atoms. The van der Waals surface area contributed by atoms with E-state index in [1.807, 2.05) is 0 Å². The first-order chi connectivity index (χ1) is 12.6. The molecule has 0 aromatic heterocycles. The second-order valence-corrected chi connectivity index (χ2v) is 6.35. The first-order valence-electron chi connectivity index (χ1n) is 7.93. The van der Waals surface area contributed by atoms with Crippen LogP contribution in [0.4, 0.5) is 14.5 Å². The lowest BCUT2D eigenvalue weighted by atomic mass is 9.82. The third-order valence-corrected chi connectivity index (χ3v) is 4.43. The van der Waals surface area contributed by atoms with Gasteiger partial charge in [-0.05, 0) is 19.8 Å². The number of methoxy groups -OCH3 is 1. The number of carbonyl (C=O) groups is 2. The van der Waals surface area contributed by atoms with E-state index in [1.54, 1.807) is 0 Å². The zero-order valence-corrected chi connectivity index (χ0v) is 14.6. The number of aliphatic carboxylic acids is 1. The molecule has 1 amide bonds. The minimum Gasteiger partial charge on any atom is -0.493 e. The number of rotatable bonds is 6. The van der Waals surface area contributed by atoms with Gasteiger partial charge in [0.1, 0.15) is 5.56 Å². The predicted octanol–water partition coefficient (Wildman–Crippen LogP) is 2.53. The van der Waals surface area contributed by atoms with Crippen LogP contribution in [-0.2, 0) is 4.79 Å². The Morgan fingerprint density at radius 2 is 2.04 bits per heavy atom. The van der Waals surface area contributed by atoms with E-state index in [0.717, 1.165) is 13.2 Å². The second-order valence-electron chi connectivity index (χ2n) is 6.35.